The van der Waals surface area contributed by atoms with Gasteiger partial charge in [-0.15, -0.1) is 0 Å². The van der Waals surface area contributed by atoms with E-state index in [0.717, 1.165) is 44.4 Å². The Morgan fingerprint density at radius 1 is 1.00 bits per heavy atom. The van der Waals surface area contributed by atoms with E-state index in [1.807, 2.05) is 4.90 Å². The van der Waals surface area contributed by atoms with Crippen molar-refractivity contribution in [1.29, 1.82) is 0 Å². The number of thiocarbonyl (C=S) groups is 1. The minimum atomic E-state index is 0.301. The number of hydrogen-bond acceptors (Lipinski definition) is 3. The number of nitrogens with zero attached hydrogens (tertiary/aromatic N) is 3. The molecule has 0 aromatic heterocycles. The maximum atomic E-state index is 12.1. The van der Waals surface area contributed by atoms with Crippen LogP contribution in [0.5, 0.6) is 0 Å². The molecular weight excluding hydrogens is 272 g/mol. The van der Waals surface area contributed by atoms with Gasteiger partial charge in [-0.3, -0.25) is 9.69 Å². The van der Waals surface area contributed by atoms with Crippen molar-refractivity contribution in [2.24, 2.45) is 0 Å². The Bertz CT molecular complexity index is 371. The van der Waals surface area contributed by atoms with Gasteiger partial charge in [-0.1, -0.05) is 0 Å². The van der Waals surface area contributed by atoms with Gasteiger partial charge in [0, 0.05) is 45.3 Å². The first-order valence-electron chi connectivity index (χ1n) is 7.78. The van der Waals surface area contributed by atoms with Gasteiger partial charge in [0.15, 0.2) is 5.11 Å². The number of rotatable bonds is 3. The normalized spacial score (nSPS) is 24.0. The molecule has 0 spiro atoms. The summed E-state index contributed by atoms with van der Waals surface area (Å²) < 4.78 is 0. The number of amides is 1. The zero-order chi connectivity index (χ0) is 13.9. The highest BCUT2D eigenvalue weighted by Crippen LogP contribution is 2.19. The van der Waals surface area contributed by atoms with E-state index >= 15 is 0 Å². The minimum absolute atomic E-state index is 0.301. The first kappa shape index (κ1) is 14.1. The highest BCUT2D eigenvalue weighted by Gasteiger charge is 2.27. The van der Waals surface area contributed by atoms with Crippen LogP contribution >= 0.6 is 12.2 Å². The summed E-state index contributed by atoms with van der Waals surface area (Å²) in [5.41, 5.74) is 0. The minimum Gasteiger partial charge on any atom is -0.360 e. The summed E-state index contributed by atoms with van der Waals surface area (Å²) >= 11 is 5.43. The second kappa shape index (κ2) is 6.26. The Labute approximate surface area is 126 Å². The molecule has 5 nitrogen and oxygen atoms in total. The van der Waals surface area contributed by atoms with E-state index in [9.17, 15) is 4.79 Å². The summed E-state index contributed by atoms with van der Waals surface area (Å²) in [5, 5.41) is 4.29. The topological polar surface area (TPSA) is 38.8 Å². The van der Waals surface area contributed by atoms with Crippen LogP contribution < -0.4 is 5.32 Å². The fourth-order valence-electron chi connectivity index (χ4n) is 2.86. The molecule has 0 bridgehead atoms. The first-order valence-corrected chi connectivity index (χ1v) is 8.19. The van der Waals surface area contributed by atoms with Crippen molar-refractivity contribution in [3.63, 3.8) is 0 Å². The average molecular weight is 296 g/mol. The van der Waals surface area contributed by atoms with E-state index in [0.29, 0.717) is 18.5 Å². The van der Waals surface area contributed by atoms with Crippen molar-refractivity contribution in [3.8, 4) is 0 Å². The number of hydrogen-bond donors (Lipinski definition) is 1. The van der Waals surface area contributed by atoms with Crippen molar-refractivity contribution >= 4 is 23.2 Å². The monoisotopic (exact) mass is 296 g/mol. The third-order valence-electron chi connectivity index (χ3n) is 4.38. The molecule has 1 amide bonds. The zero-order valence-corrected chi connectivity index (χ0v) is 12.8. The molecule has 1 saturated carbocycles. The summed E-state index contributed by atoms with van der Waals surface area (Å²) in [6, 6.07) is 0.622. The van der Waals surface area contributed by atoms with E-state index in [-0.39, 0.29) is 0 Å². The largest absolute Gasteiger partial charge is 0.360 e. The maximum Gasteiger partial charge on any atom is 0.236 e. The molecule has 0 atom stereocenters. The maximum absolute atomic E-state index is 12.1. The Hall–Kier alpha value is -0.880. The lowest BCUT2D eigenvalue weighted by Gasteiger charge is -2.36. The van der Waals surface area contributed by atoms with E-state index < -0.39 is 0 Å². The fourth-order valence-corrected chi connectivity index (χ4v) is 3.21. The molecule has 0 aromatic rings. The third kappa shape index (κ3) is 3.61. The van der Waals surface area contributed by atoms with E-state index in [2.05, 4.69) is 15.1 Å². The number of carbonyl (C=O) groups is 1. The Morgan fingerprint density at radius 3 is 2.25 bits per heavy atom. The fraction of sp³-hybridized carbons (Fsp3) is 0.857. The van der Waals surface area contributed by atoms with Crippen LogP contribution in [0.15, 0.2) is 0 Å². The summed E-state index contributed by atoms with van der Waals surface area (Å²) in [7, 11) is 0. The molecule has 20 heavy (non-hydrogen) atoms. The molecule has 112 valence electrons. The van der Waals surface area contributed by atoms with Crippen molar-refractivity contribution in [1.82, 2.24) is 20.0 Å². The van der Waals surface area contributed by atoms with Crippen molar-refractivity contribution in [3.05, 3.63) is 0 Å². The predicted octanol–water partition coefficient (Wildman–Crippen LogP) is 0.263. The quantitative estimate of drug-likeness (QED) is 0.757. The van der Waals surface area contributed by atoms with Crippen LogP contribution in [0.4, 0.5) is 0 Å². The van der Waals surface area contributed by atoms with Crippen molar-refractivity contribution in [2.45, 2.75) is 31.7 Å². The molecule has 1 N–H and O–H groups in total. The molecule has 2 saturated heterocycles. The molecule has 6 heteroatoms. The van der Waals surface area contributed by atoms with E-state index in [1.165, 1.54) is 25.7 Å². The van der Waals surface area contributed by atoms with Gasteiger partial charge in [0.2, 0.25) is 5.91 Å². The van der Waals surface area contributed by atoms with Gasteiger partial charge in [-0.2, -0.15) is 0 Å². The molecule has 2 aliphatic heterocycles. The van der Waals surface area contributed by atoms with Gasteiger partial charge < -0.3 is 15.1 Å². The number of likely N-dealkylation sites (tertiary alicyclic amines) is 1. The smallest absolute Gasteiger partial charge is 0.236 e. The molecule has 0 radical (unpaired) electrons. The highest BCUT2D eigenvalue weighted by atomic mass is 32.1. The molecule has 0 aromatic carbocycles. The van der Waals surface area contributed by atoms with Gasteiger partial charge in [0.05, 0.1) is 6.54 Å². The van der Waals surface area contributed by atoms with Crippen molar-refractivity contribution < 1.29 is 4.79 Å². The standard InChI is InChI=1S/C14H24N4OS/c19-13(17-5-1-2-6-17)11-16-7-9-18(10-8-16)14(20)15-12-3-4-12/h12H,1-11H2,(H,15,20). The molecule has 3 aliphatic rings. The lowest BCUT2D eigenvalue weighted by molar-refractivity contribution is -0.131. The number of nitrogens with one attached hydrogen (secondary N) is 1. The van der Waals surface area contributed by atoms with Gasteiger partial charge in [0.1, 0.15) is 0 Å². The van der Waals surface area contributed by atoms with Gasteiger partial charge in [0.25, 0.3) is 0 Å². The second-order valence-corrected chi connectivity index (χ2v) is 6.46. The molecule has 1 aliphatic carbocycles. The van der Waals surface area contributed by atoms with Gasteiger partial charge in [-0.05, 0) is 37.9 Å². The number of carbonyl (C=O) groups excluding carboxylic acids is 1. The SMILES string of the molecule is O=C(CN1CCN(C(=S)NC2CC2)CC1)N1CCCC1. The summed E-state index contributed by atoms with van der Waals surface area (Å²) in [5.74, 6) is 0.301. The van der Waals surface area contributed by atoms with Crippen LogP contribution in [-0.2, 0) is 4.79 Å². The Kier molecular flexibility index (Phi) is 4.41. The third-order valence-corrected chi connectivity index (χ3v) is 4.76. The molecule has 0 unspecified atom stereocenters. The predicted molar refractivity (Wildman–Crippen MR) is 82.6 cm³/mol. The van der Waals surface area contributed by atoms with Crippen LogP contribution in [0.1, 0.15) is 25.7 Å². The second-order valence-electron chi connectivity index (χ2n) is 6.07. The zero-order valence-electron chi connectivity index (χ0n) is 12.0. The van der Waals surface area contributed by atoms with Gasteiger partial charge in [-0.25, -0.2) is 0 Å². The average Bonchev–Trinajstić information content (AvgIpc) is 3.08. The molecular formula is C14H24N4OS. The van der Waals surface area contributed by atoms with Crippen LogP contribution in [0.25, 0.3) is 0 Å². The molecule has 3 rings (SSSR count). The Morgan fingerprint density at radius 2 is 1.65 bits per heavy atom. The van der Waals surface area contributed by atoms with Crippen molar-refractivity contribution in [2.75, 3.05) is 45.8 Å². The van der Waals surface area contributed by atoms with E-state index in [4.69, 9.17) is 12.2 Å². The Balaban J connectivity index is 1.39. The highest BCUT2D eigenvalue weighted by molar-refractivity contribution is 7.80. The molecule has 2 heterocycles. The number of piperazine rings is 1. The summed E-state index contributed by atoms with van der Waals surface area (Å²) in [4.78, 5) is 18.6. The van der Waals surface area contributed by atoms with Gasteiger partial charge >= 0.3 is 0 Å². The van der Waals surface area contributed by atoms with E-state index in [1.54, 1.807) is 0 Å². The van der Waals surface area contributed by atoms with Crippen LogP contribution in [0.3, 0.4) is 0 Å². The molecule has 3 fully saturated rings. The van der Waals surface area contributed by atoms with Crippen LogP contribution in [-0.4, -0.2) is 77.6 Å². The first-order chi connectivity index (χ1) is 9.72. The summed E-state index contributed by atoms with van der Waals surface area (Å²) in [6.07, 6.45) is 4.84. The lowest BCUT2D eigenvalue weighted by Crippen LogP contribution is -2.53. The summed E-state index contributed by atoms with van der Waals surface area (Å²) in [6.45, 7) is 6.23. The van der Waals surface area contributed by atoms with Crippen LogP contribution in [0, 0.1) is 0 Å². The lowest BCUT2D eigenvalue weighted by atomic mass is 10.3. The van der Waals surface area contributed by atoms with Crippen LogP contribution in [0.2, 0.25) is 0 Å².